The number of carbonyl (C=O) groups is 3. The molecule has 1 heterocycles. The number of hydrogen-bond acceptors (Lipinski definition) is 6. The van der Waals surface area contributed by atoms with Gasteiger partial charge in [0.2, 0.25) is 0 Å². The normalized spacial score (nSPS) is 44.3. The van der Waals surface area contributed by atoms with E-state index in [0.717, 1.165) is 38.5 Å². The van der Waals surface area contributed by atoms with E-state index in [4.69, 9.17) is 14.2 Å². The maximum atomic E-state index is 14.4. The first-order chi connectivity index (χ1) is 22.3. The van der Waals surface area contributed by atoms with Crippen LogP contribution in [0.15, 0.2) is 54.6 Å². The van der Waals surface area contributed by atoms with Gasteiger partial charge in [0.1, 0.15) is 6.10 Å². The first-order valence-electron chi connectivity index (χ1n) is 18.3. The molecule has 4 saturated carbocycles. The Balaban J connectivity index is 1.31. The summed E-state index contributed by atoms with van der Waals surface area (Å²) in [7, 11) is 0. The van der Waals surface area contributed by atoms with Gasteiger partial charge < -0.3 is 14.2 Å². The van der Waals surface area contributed by atoms with Crippen molar-refractivity contribution in [3.63, 3.8) is 0 Å². The summed E-state index contributed by atoms with van der Waals surface area (Å²) >= 11 is 0. The molecule has 5 fully saturated rings. The number of cyclic esters (lactones) is 1. The highest BCUT2D eigenvalue weighted by molar-refractivity contribution is 5.90. The molecule has 13 atom stereocenters. The van der Waals surface area contributed by atoms with Crippen molar-refractivity contribution in [3.05, 3.63) is 60.2 Å². The van der Waals surface area contributed by atoms with E-state index in [1.807, 2.05) is 18.2 Å². The third-order valence-electron chi connectivity index (χ3n) is 14.9. The largest absolute Gasteiger partial charge is 0.463 e. The van der Waals surface area contributed by atoms with Gasteiger partial charge in [-0.15, -0.1) is 0 Å². The number of benzene rings is 1. The van der Waals surface area contributed by atoms with Crippen LogP contribution in [0.2, 0.25) is 0 Å². The highest BCUT2D eigenvalue weighted by Gasteiger charge is 2.81. The fraction of sp³-hybridized carbons (Fsp3) is 0.683. The number of rotatable bonds is 7. The van der Waals surface area contributed by atoms with Crippen molar-refractivity contribution in [2.24, 2.45) is 69.0 Å². The monoisotopic (exact) mass is 642 g/mol. The molecular formula is C41H54O6. The van der Waals surface area contributed by atoms with Crippen molar-refractivity contribution in [3.8, 4) is 0 Å². The smallest absolute Gasteiger partial charge is 0.341 e. The van der Waals surface area contributed by atoms with Gasteiger partial charge in [-0.25, -0.2) is 4.79 Å². The van der Waals surface area contributed by atoms with Gasteiger partial charge >= 0.3 is 17.9 Å². The summed E-state index contributed by atoms with van der Waals surface area (Å²) in [5.74, 6) is 1.07. The number of allylic oxidation sites excluding steroid dienone is 4. The summed E-state index contributed by atoms with van der Waals surface area (Å²) in [6.07, 6.45) is 15.3. The Bertz CT molecular complexity index is 1480. The van der Waals surface area contributed by atoms with Gasteiger partial charge in [-0.2, -0.15) is 0 Å². The summed E-state index contributed by atoms with van der Waals surface area (Å²) in [5, 5.41) is 0. The Morgan fingerprint density at radius 1 is 0.915 bits per heavy atom. The van der Waals surface area contributed by atoms with Gasteiger partial charge in [-0.05, 0) is 103 Å². The van der Waals surface area contributed by atoms with Crippen molar-refractivity contribution >= 4 is 17.9 Å². The van der Waals surface area contributed by atoms with E-state index in [9.17, 15) is 14.4 Å². The van der Waals surface area contributed by atoms with Crippen LogP contribution in [0.5, 0.6) is 0 Å². The van der Waals surface area contributed by atoms with Crippen LogP contribution in [0.3, 0.4) is 0 Å². The van der Waals surface area contributed by atoms with Gasteiger partial charge in [0.25, 0.3) is 6.29 Å². The second-order valence-electron chi connectivity index (χ2n) is 17.0. The molecule has 2 spiro atoms. The molecule has 1 aromatic rings. The second kappa shape index (κ2) is 11.3. The van der Waals surface area contributed by atoms with E-state index >= 15 is 0 Å². The maximum absolute atomic E-state index is 14.4. The average Bonchev–Trinajstić information content (AvgIpc) is 3.57. The predicted molar refractivity (Wildman–Crippen MR) is 180 cm³/mol. The van der Waals surface area contributed by atoms with E-state index in [2.05, 4.69) is 65.8 Å². The Hall–Kier alpha value is -2.89. The topological polar surface area (TPSA) is 78.9 Å². The summed E-state index contributed by atoms with van der Waals surface area (Å²) < 4.78 is 18.3. The fourth-order valence-corrected chi connectivity index (χ4v) is 12.5. The molecule has 2 bridgehead atoms. The molecule has 6 nitrogen and oxygen atoms in total. The zero-order valence-corrected chi connectivity index (χ0v) is 29.4. The second-order valence-corrected chi connectivity index (χ2v) is 17.0. The zero-order valence-electron chi connectivity index (χ0n) is 29.4. The zero-order chi connectivity index (χ0) is 33.5. The summed E-state index contributed by atoms with van der Waals surface area (Å²) in [4.78, 5) is 40.1. The Labute approximate surface area is 281 Å². The number of esters is 3. The van der Waals surface area contributed by atoms with Gasteiger partial charge in [0, 0.05) is 17.8 Å². The third kappa shape index (κ3) is 4.58. The molecule has 6 aliphatic carbocycles. The Kier molecular flexibility index (Phi) is 7.88. The van der Waals surface area contributed by atoms with E-state index in [-0.39, 0.29) is 40.2 Å². The van der Waals surface area contributed by atoms with Crippen LogP contribution >= 0.6 is 0 Å². The first kappa shape index (κ1) is 32.6. The van der Waals surface area contributed by atoms with Crippen LogP contribution < -0.4 is 0 Å². The Morgan fingerprint density at radius 3 is 2.36 bits per heavy atom. The van der Waals surface area contributed by atoms with Crippen LogP contribution in [0, 0.1) is 69.0 Å². The van der Waals surface area contributed by atoms with Crippen LogP contribution in [-0.2, 0) is 23.8 Å². The van der Waals surface area contributed by atoms with Crippen molar-refractivity contribution < 1.29 is 28.6 Å². The Morgan fingerprint density at radius 2 is 1.66 bits per heavy atom. The van der Waals surface area contributed by atoms with Crippen molar-refractivity contribution in [1.29, 1.82) is 0 Å². The van der Waals surface area contributed by atoms with Gasteiger partial charge in [0.05, 0.1) is 17.4 Å². The van der Waals surface area contributed by atoms with Crippen LogP contribution in [0.1, 0.15) is 104 Å². The summed E-state index contributed by atoms with van der Waals surface area (Å²) in [6.45, 7) is 15.7. The molecule has 1 aliphatic heterocycles. The highest BCUT2D eigenvalue weighted by atomic mass is 16.7. The first-order valence-corrected chi connectivity index (χ1v) is 18.3. The minimum Gasteiger partial charge on any atom is -0.463 e. The van der Waals surface area contributed by atoms with Gasteiger partial charge in [0.15, 0.2) is 0 Å². The fourth-order valence-electron chi connectivity index (χ4n) is 12.5. The molecule has 254 valence electrons. The number of ether oxygens (including phenoxy) is 3. The van der Waals surface area contributed by atoms with E-state index in [1.165, 1.54) is 6.92 Å². The molecule has 47 heavy (non-hydrogen) atoms. The van der Waals surface area contributed by atoms with Crippen LogP contribution in [-0.4, -0.2) is 30.3 Å². The van der Waals surface area contributed by atoms with Gasteiger partial charge in [-0.1, -0.05) is 84.0 Å². The van der Waals surface area contributed by atoms with Gasteiger partial charge in [-0.3, -0.25) is 9.59 Å². The SMILES string of the molecule is CC(=O)O[C@H]1CC[C@]2(C)[C@H]3CC[C@]4(C)[C@@H]([C@H](C)/C=C/C(C)C(C)C)CC[C@H]4[C@]34C=C[C@]2(C1)[C@@H]1[C@@H](OC(=O)c2ccccc2)OC(=O)[C@@H]14. The van der Waals surface area contributed by atoms with Crippen molar-refractivity contribution in [2.45, 2.75) is 106 Å². The third-order valence-corrected chi connectivity index (χ3v) is 14.9. The highest BCUT2D eigenvalue weighted by Crippen LogP contribution is 2.82. The lowest BCUT2D eigenvalue weighted by Crippen LogP contribution is -2.73. The summed E-state index contributed by atoms with van der Waals surface area (Å²) in [5.41, 5.74) is -0.485. The lowest BCUT2D eigenvalue weighted by atomic mass is 9.28. The minimum absolute atomic E-state index is 0.0813. The standard InChI is InChI=1S/C41H54O6/c1-24(2)25(3)13-14-26(4)30-15-16-31-38(30,6)19-18-32-39(7)20-17-29(45-27(5)42)23-40(39)21-22-41(31,32)33-34(40)37(47-36(33)44)46-35(43)28-11-9-8-10-12-28/h8-14,21-22,24-26,29-34,37H,15-20,23H2,1-7H3/b14-13+/t25?,26-,29+,30-,31-,32-,33-,34+,37+,38-,39-,40+,41-/m1/s1. The van der Waals surface area contributed by atoms with Crippen molar-refractivity contribution in [2.75, 3.05) is 0 Å². The number of fused-ring (bicyclic) bond motifs is 1. The molecule has 6 heteroatoms. The molecule has 0 N–H and O–H groups in total. The van der Waals surface area contributed by atoms with E-state index in [0.29, 0.717) is 47.5 Å². The maximum Gasteiger partial charge on any atom is 0.341 e. The molecule has 1 aromatic carbocycles. The molecule has 7 aliphatic rings. The van der Waals surface area contributed by atoms with E-state index in [1.54, 1.807) is 12.1 Å². The van der Waals surface area contributed by atoms with Crippen LogP contribution in [0.4, 0.5) is 0 Å². The summed E-state index contributed by atoms with van der Waals surface area (Å²) in [6, 6.07) is 8.97. The minimum atomic E-state index is -0.983. The number of carbonyl (C=O) groups excluding carboxylic acids is 3. The average molecular weight is 643 g/mol. The van der Waals surface area contributed by atoms with E-state index < -0.39 is 23.6 Å². The molecule has 0 radical (unpaired) electrons. The predicted octanol–water partition coefficient (Wildman–Crippen LogP) is 8.56. The number of hydrogen-bond donors (Lipinski definition) is 0. The van der Waals surface area contributed by atoms with Crippen molar-refractivity contribution in [1.82, 2.24) is 0 Å². The lowest BCUT2D eigenvalue weighted by molar-refractivity contribution is -0.261. The molecular weight excluding hydrogens is 588 g/mol. The molecule has 0 amide bonds. The quantitative estimate of drug-likeness (QED) is 0.219. The molecule has 0 aromatic heterocycles. The molecule has 1 saturated heterocycles. The molecule has 8 rings (SSSR count). The molecule has 1 unspecified atom stereocenters. The lowest BCUT2D eigenvalue weighted by Gasteiger charge is -2.74. The van der Waals surface area contributed by atoms with Crippen LogP contribution in [0.25, 0.3) is 0 Å².